The summed E-state index contributed by atoms with van der Waals surface area (Å²) in [7, 11) is 3.88. The minimum Gasteiger partial charge on any atom is -0.480 e. The van der Waals surface area contributed by atoms with Crippen molar-refractivity contribution in [1.29, 1.82) is 0 Å². The average Bonchev–Trinajstić information content (AvgIpc) is 2.29. The van der Waals surface area contributed by atoms with Crippen molar-refractivity contribution in [2.45, 2.75) is 33.2 Å². The summed E-state index contributed by atoms with van der Waals surface area (Å²) in [5.74, 6) is -1.13. The standard InChI is InChI=1S/C13H27N3O3/c1-6-7-16(9-8-15(4)5)13(19)14-11(10(2)3)12(17)18/h10-11H,6-9H2,1-5H3,(H,14,19)(H,17,18)/t11-/m1/s1. The van der Waals surface area contributed by atoms with Crippen LogP contribution >= 0.6 is 0 Å². The van der Waals surface area contributed by atoms with Gasteiger partial charge in [-0.2, -0.15) is 0 Å². The molecule has 0 saturated carbocycles. The number of rotatable bonds is 8. The molecule has 0 saturated heterocycles. The van der Waals surface area contributed by atoms with Gasteiger partial charge in [0, 0.05) is 19.6 Å². The molecular weight excluding hydrogens is 246 g/mol. The zero-order valence-electron chi connectivity index (χ0n) is 12.6. The number of carboxylic acid groups (broad SMARTS) is 1. The fourth-order valence-electron chi connectivity index (χ4n) is 1.64. The van der Waals surface area contributed by atoms with Crippen LogP contribution in [0.3, 0.4) is 0 Å². The first kappa shape index (κ1) is 17.7. The van der Waals surface area contributed by atoms with Crippen molar-refractivity contribution in [1.82, 2.24) is 15.1 Å². The summed E-state index contributed by atoms with van der Waals surface area (Å²) in [6.45, 7) is 7.53. The number of carboxylic acids is 1. The van der Waals surface area contributed by atoms with Gasteiger partial charge in [0.15, 0.2) is 0 Å². The second-order valence-corrected chi connectivity index (χ2v) is 5.30. The number of hydrogen-bond acceptors (Lipinski definition) is 3. The summed E-state index contributed by atoms with van der Waals surface area (Å²) in [4.78, 5) is 26.8. The first-order valence-electron chi connectivity index (χ1n) is 6.72. The summed E-state index contributed by atoms with van der Waals surface area (Å²) < 4.78 is 0. The lowest BCUT2D eigenvalue weighted by atomic mass is 10.1. The highest BCUT2D eigenvalue weighted by Crippen LogP contribution is 2.03. The highest BCUT2D eigenvalue weighted by molar-refractivity contribution is 5.82. The molecule has 1 atom stereocenters. The third kappa shape index (κ3) is 7.00. The van der Waals surface area contributed by atoms with Crippen molar-refractivity contribution in [3.63, 3.8) is 0 Å². The Balaban J connectivity index is 4.56. The van der Waals surface area contributed by atoms with E-state index in [1.165, 1.54) is 0 Å². The Morgan fingerprint density at radius 1 is 1.16 bits per heavy atom. The minimum absolute atomic E-state index is 0.140. The first-order chi connectivity index (χ1) is 8.79. The quantitative estimate of drug-likeness (QED) is 0.694. The van der Waals surface area contributed by atoms with Gasteiger partial charge in [0.25, 0.3) is 0 Å². The molecule has 0 rings (SSSR count). The van der Waals surface area contributed by atoms with E-state index in [4.69, 9.17) is 5.11 Å². The smallest absolute Gasteiger partial charge is 0.326 e. The van der Waals surface area contributed by atoms with Gasteiger partial charge >= 0.3 is 12.0 Å². The number of carbonyl (C=O) groups excluding carboxylic acids is 1. The molecule has 6 nitrogen and oxygen atoms in total. The fraction of sp³-hybridized carbons (Fsp3) is 0.846. The molecular formula is C13H27N3O3. The predicted molar refractivity (Wildman–Crippen MR) is 75.2 cm³/mol. The van der Waals surface area contributed by atoms with E-state index in [1.54, 1.807) is 18.7 Å². The van der Waals surface area contributed by atoms with Gasteiger partial charge in [0.2, 0.25) is 0 Å². The summed E-state index contributed by atoms with van der Waals surface area (Å²) in [6.07, 6.45) is 0.847. The molecule has 0 aliphatic carbocycles. The van der Waals surface area contributed by atoms with Crippen LogP contribution in [0.2, 0.25) is 0 Å². The number of aliphatic carboxylic acids is 1. The number of urea groups is 1. The second-order valence-electron chi connectivity index (χ2n) is 5.30. The number of likely N-dealkylation sites (N-methyl/N-ethyl adjacent to an activating group) is 1. The molecule has 0 aliphatic rings. The van der Waals surface area contributed by atoms with Crippen LogP contribution < -0.4 is 5.32 Å². The van der Waals surface area contributed by atoms with Gasteiger partial charge in [-0.15, -0.1) is 0 Å². The molecule has 0 bridgehead atoms. The Kier molecular flexibility index (Phi) is 8.14. The molecule has 0 aromatic heterocycles. The van der Waals surface area contributed by atoms with Gasteiger partial charge in [-0.3, -0.25) is 0 Å². The third-order valence-corrected chi connectivity index (χ3v) is 2.81. The molecule has 2 N–H and O–H groups in total. The van der Waals surface area contributed by atoms with Crippen LogP contribution in [-0.4, -0.2) is 66.7 Å². The summed E-state index contributed by atoms with van der Waals surface area (Å²) >= 11 is 0. The summed E-state index contributed by atoms with van der Waals surface area (Å²) in [6, 6.07) is -1.14. The molecule has 0 fully saturated rings. The number of nitrogens with zero attached hydrogens (tertiary/aromatic N) is 2. The normalized spacial score (nSPS) is 12.6. The van der Waals surface area contributed by atoms with E-state index in [2.05, 4.69) is 5.32 Å². The van der Waals surface area contributed by atoms with Crippen molar-refractivity contribution in [2.24, 2.45) is 5.92 Å². The van der Waals surface area contributed by atoms with Crippen LogP contribution in [0.25, 0.3) is 0 Å². The highest BCUT2D eigenvalue weighted by Gasteiger charge is 2.25. The van der Waals surface area contributed by atoms with E-state index in [1.807, 2.05) is 25.9 Å². The molecule has 6 heteroatoms. The Bertz CT molecular complexity index is 293. The topological polar surface area (TPSA) is 72.9 Å². The highest BCUT2D eigenvalue weighted by atomic mass is 16.4. The third-order valence-electron chi connectivity index (χ3n) is 2.81. The second kappa shape index (κ2) is 8.74. The molecule has 19 heavy (non-hydrogen) atoms. The maximum absolute atomic E-state index is 12.1. The minimum atomic E-state index is -0.993. The Morgan fingerprint density at radius 3 is 2.11 bits per heavy atom. The van der Waals surface area contributed by atoms with E-state index in [0.717, 1.165) is 13.0 Å². The molecule has 0 unspecified atom stereocenters. The van der Waals surface area contributed by atoms with Gasteiger partial charge in [-0.25, -0.2) is 9.59 Å². The van der Waals surface area contributed by atoms with Crippen LogP contribution in [0.15, 0.2) is 0 Å². The van der Waals surface area contributed by atoms with Gasteiger partial charge < -0.3 is 20.2 Å². The predicted octanol–water partition coefficient (Wildman–Crippen LogP) is 1.08. The first-order valence-corrected chi connectivity index (χ1v) is 6.72. The molecule has 0 aromatic rings. The number of nitrogens with one attached hydrogen (secondary N) is 1. The zero-order chi connectivity index (χ0) is 15.0. The van der Waals surface area contributed by atoms with Gasteiger partial charge in [0.1, 0.15) is 6.04 Å². The Labute approximate surface area is 115 Å². The molecule has 0 radical (unpaired) electrons. The molecule has 0 spiro atoms. The largest absolute Gasteiger partial charge is 0.480 e. The Morgan fingerprint density at radius 2 is 1.74 bits per heavy atom. The maximum atomic E-state index is 12.1. The maximum Gasteiger partial charge on any atom is 0.326 e. The number of amides is 2. The van der Waals surface area contributed by atoms with Crippen molar-refractivity contribution < 1.29 is 14.7 Å². The SMILES string of the molecule is CCCN(CCN(C)C)C(=O)N[C@@H](C(=O)O)C(C)C. The summed E-state index contributed by atoms with van der Waals surface area (Å²) in [5.41, 5.74) is 0. The van der Waals surface area contributed by atoms with E-state index >= 15 is 0 Å². The monoisotopic (exact) mass is 273 g/mol. The van der Waals surface area contributed by atoms with Crippen LogP contribution in [0.4, 0.5) is 4.79 Å². The molecule has 112 valence electrons. The number of carbonyl (C=O) groups is 2. The van der Waals surface area contributed by atoms with Crippen molar-refractivity contribution >= 4 is 12.0 Å². The average molecular weight is 273 g/mol. The number of hydrogen-bond donors (Lipinski definition) is 2. The van der Waals surface area contributed by atoms with E-state index < -0.39 is 12.0 Å². The lowest BCUT2D eigenvalue weighted by Crippen LogP contribution is -2.51. The van der Waals surface area contributed by atoms with Gasteiger partial charge in [-0.1, -0.05) is 20.8 Å². The van der Waals surface area contributed by atoms with E-state index in [0.29, 0.717) is 13.1 Å². The van der Waals surface area contributed by atoms with Crippen LogP contribution in [0.5, 0.6) is 0 Å². The zero-order valence-corrected chi connectivity index (χ0v) is 12.6. The van der Waals surface area contributed by atoms with Crippen molar-refractivity contribution in [3.8, 4) is 0 Å². The molecule has 2 amide bonds. The fourth-order valence-corrected chi connectivity index (χ4v) is 1.64. The molecule has 0 heterocycles. The lowest BCUT2D eigenvalue weighted by Gasteiger charge is -2.27. The molecule has 0 aliphatic heterocycles. The van der Waals surface area contributed by atoms with E-state index in [-0.39, 0.29) is 11.9 Å². The van der Waals surface area contributed by atoms with E-state index in [9.17, 15) is 9.59 Å². The molecule has 0 aromatic carbocycles. The Hall–Kier alpha value is -1.30. The van der Waals surface area contributed by atoms with Crippen molar-refractivity contribution in [3.05, 3.63) is 0 Å². The van der Waals surface area contributed by atoms with Crippen molar-refractivity contribution in [2.75, 3.05) is 33.7 Å². The van der Waals surface area contributed by atoms with Crippen LogP contribution in [0, 0.1) is 5.92 Å². The van der Waals surface area contributed by atoms with Gasteiger partial charge in [-0.05, 0) is 26.4 Å². The summed E-state index contributed by atoms with van der Waals surface area (Å²) in [5, 5.41) is 11.7. The van der Waals surface area contributed by atoms with Crippen LogP contribution in [0.1, 0.15) is 27.2 Å². The lowest BCUT2D eigenvalue weighted by molar-refractivity contribution is -0.140. The van der Waals surface area contributed by atoms with Gasteiger partial charge in [0.05, 0.1) is 0 Å². The van der Waals surface area contributed by atoms with Crippen LogP contribution in [-0.2, 0) is 4.79 Å².